The van der Waals surface area contributed by atoms with Gasteiger partial charge in [-0.2, -0.15) is 0 Å². The molecule has 0 unspecified atom stereocenters. The lowest BCUT2D eigenvalue weighted by molar-refractivity contribution is 0.0535. The molecule has 1 N–H and O–H groups in total. The minimum absolute atomic E-state index is 0.0388. The van der Waals surface area contributed by atoms with Crippen LogP contribution in [0.3, 0.4) is 0 Å². The van der Waals surface area contributed by atoms with Crippen molar-refractivity contribution in [3.63, 3.8) is 0 Å². The molecular weight excluding hydrogens is 445 g/mol. The second-order valence-electron chi connectivity index (χ2n) is 7.33. The minimum atomic E-state index is -3.71. The summed E-state index contributed by atoms with van der Waals surface area (Å²) in [6.45, 7) is 4.58. The summed E-state index contributed by atoms with van der Waals surface area (Å²) >= 11 is 5.99. The number of piperazine rings is 1. The molecule has 2 aromatic carbocycles. The summed E-state index contributed by atoms with van der Waals surface area (Å²) in [4.78, 5) is 28.9. The van der Waals surface area contributed by atoms with Crippen LogP contribution in [0.4, 0.5) is 4.39 Å². The van der Waals surface area contributed by atoms with Crippen LogP contribution in [-0.4, -0.2) is 63.3 Å². The summed E-state index contributed by atoms with van der Waals surface area (Å²) in [5, 5.41) is 0.0388. The van der Waals surface area contributed by atoms with Crippen molar-refractivity contribution in [3.05, 3.63) is 63.4 Å². The molecule has 1 aliphatic rings. The van der Waals surface area contributed by atoms with Gasteiger partial charge in [-0.3, -0.25) is 9.59 Å². The lowest BCUT2D eigenvalue weighted by atomic mass is 10.0. The van der Waals surface area contributed by atoms with Crippen LogP contribution < -0.4 is 4.72 Å². The van der Waals surface area contributed by atoms with Crippen LogP contribution in [0.1, 0.15) is 31.8 Å². The first-order valence-electron chi connectivity index (χ1n) is 9.63. The quantitative estimate of drug-likeness (QED) is 0.748. The first-order chi connectivity index (χ1) is 14.5. The third-order valence-corrected chi connectivity index (χ3v) is 7.29. The molecule has 7 nitrogen and oxygen atoms in total. The number of benzene rings is 2. The number of halogens is 2. The highest BCUT2D eigenvalue weighted by Gasteiger charge is 2.28. The van der Waals surface area contributed by atoms with Gasteiger partial charge in [0.15, 0.2) is 0 Å². The average Bonchev–Trinajstić information content (AvgIpc) is 2.74. The molecule has 2 aromatic rings. The highest BCUT2D eigenvalue weighted by atomic mass is 35.5. The number of aryl methyl sites for hydroxylation is 1. The number of rotatable bonds is 4. The zero-order valence-electron chi connectivity index (χ0n) is 17.4. The van der Waals surface area contributed by atoms with E-state index in [1.54, 1.807) is 29.7 Å². The maximum atomic E-state index is 13.2. The number of hydrogen-bond acceptors (Lipinski definition) is 4. The molecule has 31 heavy (non-hydrogen) atoms. The number of sulfonamides is 1. The summed E-state index contributed by atoms with van der Waals surface area (Å²) in [5.41, 5.74) is 1.76. The Labute approximate surface area is 185 Å². The highest BCUT2D eigenvalue weighted by Crippen LogP contribution is 2.23. The fraction of sp³-hybridized carbons (Fsp3) is 0.333. The molecule has 166 valence electrons. The van der Waals surface area contributed by atoms with Crippen LogP contribution in [0, 0.1) is 19.7 Å². The molecule has 1 saturated heterocycles. The Morgan fingerprint density at radius 3 is 2.13 bits per heavy atom. The number of carbonyl (C=O) groups excluding carboxylic acids is 2. The Morgan fingerprint density at radius 2 is 1.58 bits per heavy atom. The number of hydrogen-bond donors (Lipinski definition) is 1. The molecule has 0 atom stereocenters. The molecule has 1 aliphatic heterocycles. The van der Waals surface area contributed by atoms with Gasteiger partial charge in [0.05, 0.1) is 15.5 Å². The molecule has 0 aromatic heterocycles. The normalized spacial score (nSPS) is 14.6. The Kier molecular flexibility index (Phi) is 6.68. The maximum Gasteiger partial charge on any atom is 0.255 e. The largest absolute Gasteiger partial charge is 0.335 e. The first-order valence-corrected chi connectivity index (χ1v) is 11.5. The van der Waals surface area contributed by atoms with Crippen molar-refractivity contribution in [2.45, 2.75) is 18.7 Å². The Balaban J connectivity index is 1.75. The molecule has 0 aliphatic carbocycles. The molecule has 10 heteroatoms. The Morgan fingerprint density at radius 1 is 1.00 bits per heavy atom. The summed E-state index contributed by atoms with van der Waals surface area (Å²) in [7, 11) is -2.39. The molecule has 0 saturated carbocycles. The Hall–Kier alpha value is -2.49. The van der Waals surface area contributed by atoms with E-state index >= 15 is 0 Å². The third kappa shape index (κ3) is 4.73. The number of carbonyl (C=O) groups is 2. The van der Waals surface area contributed by atoms with Crippen molar-refractivity contribution < 1.29 is 22.4 Å². The van der Waals surface area contributed by atoms with Crippen LogP contribution in [0.5, 0.6) is 0 Å². The number of nitrogens with zero attached hydrogens (tertiary/aromatic N) is 2. The van der Waals surface area contributed by atoms with E-state index in [0.717, 1.165) is 6.07 Å². The molecule has 1 fully saturated rings. The Bertz CT molecular complexity index is 1150. The monoisotopic (exact) mass is 467 g/mol. The predicted molar refractivity (Wildman–Crippen MR) is 115 cm³/mol. The van der Waals surface area contributed by atoms with E-state index < -0.39 is 15.8 Å². The van der Waals surface area contributed by atoms with Gasteiger partial charge >= 0.3 is 0 Å². The van der Waals surface area contributed by atoms with Gasteiger partial charge in [-0.25, -0.2) is 17.5 Å². The molecule has 0 bridgehead atoms. The molecule has 3 rings (SSSR count). The topological polar surface area (TPSA) is 86.8 Å². The van der Waals surface area contributed by atoms with E-state index in [2.05, 4.69) is 4.72 Å². The lowest BCUT2D eigenvalue weighted by Crippen LogP contribution is -2.50. The van der Waals surface area contributed by atoms with E-state index in [9.17, 15) is 22.4 Å². The summed E-state index contributed by atoms with van der Waals surface area (Å²) in [6.07, 6.45) is 0. The van der Waals surface area contributed by atoms with Crippen LogP contribution >= 0.6 is 11.6 Å². The van der Waals surface area contributed by atoms with Crippen molar-refractivity contribution >= 4 is 33.4 Å². The average molecular weight is 468 g/mol. The van der Waals surface area contributed by atoms with E-state index in [1.807, 2.05) is 0 Å². The summed E-state index contributed by atoms with van der Waals surface area (Å²) < 4.78 is 40.1. The lowest BCUT2D eigenvalue weighted by Gasteiger charge is -2.35. The van der Waals surface area contributed by atoms with Crippen molar-refractivity contribution in [3.8, 4) is 0 Å². The van der Waals surface area contributed by atoms with Crippen molar-refractivity contribution in [1.82, 2.24) is 14.5 Å². The predicted octanol–water partition coefficient (Wildman–Crippen LogP) is 2.60. The number of nitrogens with one attached hydrogen (secondary N) is 1. The zero-order valence-corrected chi connectivity index (χ0v) is 19.0. The highest BCUT2D eigenvalue weighted by molar-refractivity contribution is 7.89. The van der Waals surface area contributed by atoms with Gasteiger partial charge in [0.2, 0.25) is 10.0 Å². The second kappa shape index (κ2) is 8.94. The number of amides is 2. The van der Waals surface area contributed by atoms with Crippen LogP contribution in [0.2, 0.25) is 5.02 Å². The van der Waals surface area contributed by atoms with Gasteiger partial charge in [0.1, 0.15) is 5.82 Å². The van der Waals surface area contributed by atoms with Gasteiger partial charge in [-0.1, -0.05) is 11.6 Å². The molecular formula is C21H23ClFN3O4S. The molecule has 0 spiro atoms. The van der Waals surface area contributed by atoms with E-state index in [1.165, 1.54) is 25.2 Å². The van der Waals surface area contributed by atoms with Crippen LogP contribution in [0.15, 0.2) is 35.2 Å². The molecule has 0 radical (unpaired) electrons. The first kappa shape index (κ1) is 23.2. The van der Waals surface area contributed by atoms with Gasteiger partial charge in [-0.15, -0.1) is 0 Å². The van der Waals surface area contributed by atoms with Gasteiger partial charge < -0.3 is 9.80 Å². The summed E-state index contributed by atoms with van der Waals surface area (Å²) in [5.74, 6) is -1.15. The fourth-order valence-electron chi connectivity index (χ4n) is 3.47. The van der Waals surface area contributed by atoms with Crippen molar-refractivity contribution in [1.29, 1.82) is 0 Å². The fourth-order valence-corrected chi connectivity index (χ4v) is 4.78. The summed E-state index contributed by atoms with van der Waals surface area (Å²) in [6, 6.07) is 6.66. The molecule has 2 amide bonds. The second-order valence-corrected chi connectivity index (χ2v) is 9.59. The van der Waals surface area contributed by atoms with E-state index in [0.29, 0.717) is 11.1 Å². The SMILES string of the molecule is CNS(=O)(=O)c1cc(C(=O)N2CCN(C(=O)c3ccc(F)cc3Cl)CC2)cc(C)c1C. The smallest absolute Gasteiger partial charge is 0.255 e. The van der Waals surface area contributed by atoms with Crippen molar-refractivity contribution in [2.75, 3.05) is 33.2 Å². The van der Waals surface area contributed by atoms with Crippen LogP contribution in [0.25, 0.3) is 0 Å². The van der Waals surface area contributed by atoms with E-state index in [4.69, 9.17) is 11.6 Å². The van der Waals surface area contributed by atoms with Crippen molar-refractivity contribution in [2.24, 2.45) is 0 Å². The maximum absolute atomic E-state index is 13.2. The van der Waals surface area contributed by atoms with Gasteiger partial charge in [-0.05, 0) is 62.4 Å². The molecule has 1 heterocycles. The minimum Gasteiger partial charge on any atom is -0.335 e. The van der Waals surface area contributed by atoms with Gasteiger partial charge in [0.25, 0.3) is 11.8 Å². The van der Waals surface area contributed by atoms with Gasteiger partial charge in [0, 0.05) is 31.7 Å². The standard InChI is InChI=1S/C21H23ClFN3O4S/c1-13-10-15(11-19(14(13)2)31(29,30)24-3)20(27)25-6-8-26(9-7-25)21(28)17-5-4-16(23)12-18(17)22/h4-5,10-12,24H,6-9H2,1-3H3. The third-order valence-electron chi connectivity index (χ3n) is 5.44. The van der Waals surface area contributed by atoms with Crippen LogP contribution in [-0.2, 0) is 10.0 Å². The van der Waals surface area contributed by atoms with E-state index in [-0.39, 0.29) is 59.0 Å². The zero-order chi connectivity index (χ0) is 22.9.